The van der Waals surface area contributed by atoms with E-state index in [0.717, 1.165) is 18.4 Å². The zero-order chi connectivity index (χ0) is 14.0. The van der Waals surface area contributed by atoms with Crippen LogP contribution in [0.5, 0.6) is 0 Å². The van der Waals surface area contributed by atoms with Crippen LogP contribution >= 0.6 is 7.37 Å². The van der Waals surface area contributed by atoms with Gasteiger partial charge in [0.1, 0.15) is 0 Å². The summed E-state index contributed by atoms with van der Waals surface area (Å²) >= 11 is 0. The largest absolute Gasteiger partial charge is 0.341 e. The first kappa shape index (κ1) is 16.2. The van der Waals surface area contributed by atoms with Crippen molar-refractivity contribution in [1.82, 2.24) is 0 Å². The summed E-state index contributed by atoms with van der Waals surface area (Å²) in [6.45, 7) is 2.18. The molecule has 0 aliphatic carbocycles. The predicted octanol–water partition coefficient (Wildman–Crippen LogP) is 4.98. The molecular weight excluding hydrogens is 255 g/mol. The molecule has 0 saturated heterocycles. The van der Waals surface area contributed by atoms with Crippen LogP contribution in [0.1, 0.15) is 44.6 Å². The number of hydrogen-bond acceptors (Lipinski definition) is 1. The van der Waals surface area contributed by atoms with E-state index < -0.39 is 7.37 Å². The lowest BCUT2D eigenvalue weighted by atomic mass is 10.2. The molecule has 3 heteroatoms. The molecule has 1 N–H and O–H groups in total. The Balaban J connectivity index is 2.27. The molecule has 0 radical (unpaired) electrons. The van der Waals surface area contributed by atoms with Crippen molar-refractivity contribution >= 4 is 7.37 Å². The first-order valence-electron chi connectivity index (χ1n) is 7.17. The number of aryl methyl sites for hydroxylation is 1. The summed E-state index contributed by atoms with van der Waals surface area (Å²) in [6, 6.07) is 9.86. The van der Waals surface area contributed by atoms with Crippen LogP contribution in [-0.2, 0) is 11.0 Å². The molecular formula is C16H25O2P. The summed E-state index contributed by atoms with van der Waals surface area (Å²) in [6.07, 6.45) is 8.58. The van der Waals surface area contributed by atoms with Crippen LogP contribution in [0.15, 0.2) is 42.2 Å². The van der Waals surface area contributed by atoms with Crippen LogP contribution < -0.4 is 0 Å². The van der Waals surface area contributed by atoms with Gasteiger partial charge in [0.15, 0.2) is 0 Å². The van der Waals surface area contributed by atoms with Gasteiger partial charge < -0.3 is 4.89 Å². The molecule has 1 aromatic carbocycles. The quantitative estimate of drug-likeness (QED) is 0.511. The maximum absolute atomic E-state index is 11.9. The van der Waals surface area contributed by atoms with E-state index in [0.29, 0.717) is 12.6 Å². The topological polar surface area (TPSA) is 37.3 Å². The molecule has 0 bridgehead atoms. The third-order valence-corrected chi connectivity index (χ3v) is 4.67. The van der Waals surface area contributed by atoms with E-state index in [4.69, 9.17) is 0 Å². The minimum Gasteiger partial charge on any atom is -0.341 e. The molecule has 2 nitrogen and oxygen atoms in total. The number of unbranched alkanes of at least 4 members (excludes halogenated alkanes) is 4. The second-order valence-electron chi connectivity index (χ2n) is 4.95. The predicted molar refractivity (Wildman–Crippen MR) is 82.7 cm³/mol. The van der Waals surface area contributed by atoms with Crippen molar-refractivity contribution in [2.75, 3.05) is 6.16 Å². The van der Waals surface area contributed by atoms with Gasteiger partial charge in [-0.2, -0.15) is 0 Å². The molecule has 0 aliphatic heterocycles. The highest BCUT2D eigenvalue weighted by Gasteiger charge is 2.12. The Bertz CT molecular complexity index is 412. The van der Waals surface area contributed by atoms with Crippen LogP contribution in [0.3, 0.4) is 0 Å². The molecule has 1 unspecified atom stereocenters. The van der Waals surface area contributed by atoms with Gasteiger partial charge in [-0.15, -0.1) is 0 Å². The van der Waals surface area contributed by atoms with Gasteiger partial charge >= 0.3 is 0 Å². The van der Waals surface area contributed by atoms with E-state index in [1.54, 1.807) is 0 Å². The Labute approximate surface area is 117 Å². The average molecular weight is 280 g/mol. The lowest BCUT2D eigenvalue weighted by molar-refractivity contribution is 0.488. The van der Waals surface area contributed by atoms with E-state index in [-0.39, 0.29) is 0 Å². The van der Waals surface area contributed by atoms with Gasteiger partial charge in [-0.1, -0.05) is 62.6 Å². The fourth-order valence-electron chi connectivity index (χ4n) is 1.94. The number of allylic oxidation sites excluding steroid dienone is 1. The Hall–Kier alpha value is -0.850. The molecule has 0 aromatic heterocycles. The zero-order valence-corrected chi connectivity index (χ0v) is 12.7. The fourth-order valence-corrected chi connectivity index (χ4v) is 3.14. The van der Waals surface area contributed by atoms with Crippen LogP contribution in [0.4, 0.5) is 0 Å². The number of hydrogen-bond donors (Lipinski definition) is 1. The van der Waals surface area contributed by atoms with Crippen molar-refractivity contribution in [2.45, 2.75) is 45.4 Å². The van der Waals surface area contributed by atoms with E-state index in [1.165, 1.54) is 25.1 Å². The van der Waals surface area contributed by atoms with E-state index >= 15 is 0 Å². The highest BCUT2D eigenvalue weighted by atomic mass is 31.2. The third kappa shape index (κ3) is 8.02. The third-order valence-electron chi connectivity index (χ3n) is 3.13. The maximum atomic E-state index is 11.9. The molecule has 0 amide bonds. The Kier molecular flexibility index (Phi) is 7.78. The Morgan fingerprint density at radius 3 is 2.58 bits per heavy atom. The highest BCUT2D eigenvalue weighted by Crippen LogP contribution is 2.42. The summed E-state index contributed by atoms with van der Waals surface area (Å²) in [5, 5.41) is 0. The molecule has 0 heterocycles. The molecule has 0 fully saturated rings. The van der Waals surface area contributed by atoms with Crippen LogP contribution in [0.2, 0.25) is 0 Å². The lowest BCUT2D eigenvalue weighted by Crippen LogP contribution is -1.92. The molecule has 1 aromatic rings. The molecule has 0 saturated carbocycles. The first-order valence-corrected chi connectivity index (χ1v) is 9.08. The average Bonchev–Trinajstić information content (AvgIpc) is 2.42. The van der Waals surface area contributed by atoms with Crippen molar-refractivity contribution in [3.8, 4) is 0 Å². The summed E-state index contributed by atoms with van der Waals surface area (Å²) in [7, 11) is -3.09. The van der Waals surface area contributed by atoms with E-state index in [9.17, 15) is 9.46 Å². The van der Waals surface area contributed by atoms with Crippen LogP contribution in [0.25, 0.3) is 0 Å². The molecule has 1 rings (SSSR count). The molecule has 106 valence electrons. The number of benzene rings is 1. The van der Waals surface area contributed by atoms with Crippen molar-refractivity contribution in [3.05, 3.63) is 47.8 Å². The van der Waals surface area contributed by atoms with Crippen LogP contribution in [-0.4, -0.2) is 11.1 Å². The SMILES string of the molecule is CCCCCCC=CP(=O)(O)CCc1ccccc1. The van der Waals surface area contributed by atoms with Gasteiger partial charge in [0.25, 0.3) is 0 Å². The van der Waals surface area contributed by atoms with Gasteiger partial charge in [-0.25, -0.2) is 0 Å². The fraction of sp³-hybridized carbons (Fsp3) is 0.500. The second-order valence-corrected chi connectivity index (χ2v) is 7.21. The van der Waals surface area contributed by atoms with E-state index in [1.807, 2.05) is 36.4 Å². The Morgan fingerprint density at radius 1 is 1.16 bits per heavy atom. The zero-order valence-electron chi connectivity index (χ0n) is 11.8. The monoisotopic (exact) mass is 280 g/mol. The molecule has 19 heavy (non-hydrogen) atoms. The van der Waals surface area contributed by atoms with Crippen molar-refractivity contribution in [2.24, 2.45) is 0 Å². The number of rotatable bonds is 9. The van der Waals surface area contributed by atoms with Crippen LogP contribution in [0, 0.1) is 0 Å². The minimum atomic E-state index is -3.09. The standard InChI is InChI=1S/C16H25O2P/c1-2-3-4-5-6-10-14-19(17,18)15-13-16-11-8-7-9-12-16/h7-12,14H,2-6,13,15H2,1H3,(H,17,18). The maximum Gasteiger partial charge on any atom is 0.222 e. The summed E-state index contributed by atoms with van der Waals surface area (Å²) < 4.78 is 11.9. The van der Waals surface area contributed by atoms with Crippen molar-refractivity contribution in [1.29, 1.82) is 0 Å². The molecule has 0 aliphatic rings. The normalized spacial score (nSPS) is 14.6. The van der Waals surface area contributed by atoms with Crippen molar-refractivity contribution < 1.29 is 9.46 Å². The van der Waals surface area contributed by atoms with Crippen molar-refractivity contribution in [3.63, 3.8) is 0 Å². The lowest BCUT2D eigenvalue weighted by Gasteiger charge is -2.06. The van der Waals surface area contributed by atoms with Gasteiger partial charge in [-0.3, -0.25) is 4.57 Å². The van der Waals surface area contributed by atoms with Gasteiger partial charge in [0.05, 0.1) is 0 Å². The second kappa shape index (κ2) is 9.12. The van der Waals surface area contributed by atoms with Gasteiger partial charge in [-0.05, 0) is 30.6 Å². The minimum absolute atomic E-state index is 0.336. The molecule has 0 spiro atoms. The summed E-state index contributed by atoms with van der Waals surface area (Å²) in [5.74, 6) is 1.53. The van der Waals surface area contributed by atoms with Gasteiger partial charge in [0.2, 0.25) is 7.37 Å². The molecule has 1 atom stereocenters. The summed E-state index contributed by atoms with van der Waals surface area (Å²) in [5.41, 5.74) is 1.12. The summed E-state index contributed by atoms with van der Waals surface area (Å²) in [4.78, 5) is 9.85. The highest BCUT2D eigenvalue weighted by molar-refractivity contribution is 7.61. The van der Waals surface area contributed by atoms with Gasteiger partial charge in [0, 0.05) is 6.16 Å². The first-order chi connectivity index (χ1) is 9.14. The Morgan fingerprint density at radius 2 is 1.89 bits per heavy atom. The van der Waals surface area contributed by atoms with E-state index in [2.05, 4.69) is 6.92 Å². The smallest absolute Gasteiger partial charge is 0.222 e.